The summed E-state index contributed by atoms with van der Waals surface area (Å²) in [7, 11) is 0. The molecule has 0 heterocycles. The Hall–Kier alpha value is -1.35. The summed E-state index contributed by atoms with van der Waals surface area (Å²) in [6.07, 6.45) is 3.84. The van der Waals surface area contributed by atoms with Crippen LogP contribution in [0.3, 0.4) is 0 Å². The van der Waals surface area contributed by atoms with Gasteiger partial charge < -0.3 is 5.32 Å². The maximum Gasteiger partial charge on any atom is 0.251 e. The molecular weight excluding hydrogens is 326 g/mol. The lowest BCUT2D eigenvalue weighted by Crippen LogP contribution is -2.30. The standard InChI is InChI=1S/C18H20BrNO/c1-12-3-2-4-16(12)11-20-18(21)15-6-5-14-10-17(19)8-7-13(14)9-15/h5-10,12,16H,2-4,11H2,1H3,(H,20,21). The zero-order chi connectivity index (χ0) is 14.8. The highest BCUT2D eigenvalue weighted by atomic mass is 79.9. The predicted octanol–water partition coefficient (Wildman–Crippen LogP) is 4.77. The van der Waals surface area contributed by atoms with Crippen molar-refractivity contribution in [3.63, 3.8) is 0 Å². The number of nitrogens with one attached hydrogen (secondary N) is 1. The van der Waals surface area contributed by atoms with E-state index in [1.807, 2.05) is 30.3 Å². The topological polar surface area (TPSA) is 29.1 Å². The molecular formula is C18H20BrNO. The molecule has 1 fully saturated rings. The Morgan fingerprint density at radius 3 is 2.71 bits per heavy atom. The second kappa shape index (κ2) is 6.18. The van der Waals surface area contributed by atoms with E-state index in [1.54, 1.807) is 0 Å². The first-order valence-corrected chi connectivity index (χ1v) is 8.40. The number of halogens is 1. The first kappa shape index (κ1) is 14.6. The molecule has 1 N–H and O–H groups in total. The van der Waals surface area contributed by atoms with Crippen LogP contribution < -0.4 is 5.32 Å². The van der Waals surface area contributed by atoms with E-state index in [0.29, 0.717) is 5.92 Å². The van der Waals surface area contributed by atoms with Gasteiger partial charge in [-0.3, -0.25) is 4.79 Å². The number of benzene rings is 2. The molecule has 1 amide bonds. The third-order valence-corrected chi connectivity index (χ3v) is 5.12. The molecule has 1 aliphatic rings. The lowest BCUT2D eigenvalue weighted by Gasteiger charge is -2.16. The van der Waals surface area contributed by atoms with Crippen molar-refractivity contribution in [3.05, 3.63) is 46.4 Å². The highest BCUT2D eigenvalue weighted by molar-refractivity contribution is 9.10. The van der Waals surface area contributed by atoms with Gasteiger partial charge in [0.2, 0.25) is 0 Å². The van der Waals surface area contributed by atoms with Crippen LogP contribution in [0.25, 0.3) is 10.8 Å². The van der Waals surface area contributed by atoms with Crippen LogP contribution in [0, 0.1) is 11.8 Å². The maximum absolute atomic E-state index is 12.3. The van der Waals surface area contributed by atoms with Crippen molar-refractivity contribution in [3.8, 4) is 0 Å². The van der Waals surface area contributed by atoms with Crippen molar-refractivity contribution >= 4 is 32.6 Å². The van der Waals surface area contributed by atoms with Crippen LogP contribution >= 0.6 is 15.9 Å². The number of fused-ring (bicyclic) bond motifs is 1. The Morgan fingerprint density at radius 1 is 1.19 bits per heavy atom. The van der Waals surface area contributed by atoms with E-state index in [9.17, 15) is 4.79 Å². The van der Waals surface area contributed by atoms with Crippen LogP contribution in [0.1, 0.15) is 36.5 Å². The predicted molar refractivity (Wildman–Crippen MR) is 90.5 cm³/mol. The molecule has 2 aromatic carbocycles. The number of rotatable bonds is 3. The summed E-state index contributed by atoms with van der Waals surface area (Å²) in [6, 6.07) is 12.0. The van der Waals surface area contributed by atoms with Crippen molar-refractivity contribution in [2.24, 2.45) is 11.8 Å². The third kappa shape index (κ3) is 3.29. The lowest BCUT2D eigenvalue weighted by molar-refractivity contribution is 0.0945. The van der Waals surface area contributed by atoms with Gasteiger partial charge in [0.15, 0.2) is 0 Å². The van der Waals surface area contributed by atoms with Gasteiger partial charge in [0, 0.05) is 16.6 Å². The fraction of sp³-hybridized carbons (Fsp3) is 0.389. The SMILES string of the molecule is CC1CCCC1CNC(=O)c1ccc2cc(Br)ccc2c1. The quantitative estimate of drug-likeness (QED) is 0.852. The average Bonchev–Trinajstić information content (AvgIpc) is 2.89. The first-order chi connectivity index (χ1) is 10.1. The first-order valence-electron chi connectivity index (χ1n) is 7.61. The number of carbonyl (C=O) groups is 1. The van der Waals surface area contributed by atoms with E-state index < -0.39 is 0 Å². The molecule has 1 saturated carbocycles. The molecule has 3 heteroatoms. The van der Waals surface area contributed by atoms with Crippen LogP contribution in [0.4, 0.5) is 0 Å². The molecule has 0 bridgehead atoms. The molecule has 0 aromatic heterocycles. The minimum absolute atomic E-state index is 0.0407. The summed E-state index contributed by atoms with van der Waals surface area (Å²) in [5.41, 5.74) is 0.746. The van der Waals surface area contributed by atoms with Gasteiger partial charge in [-0.25, -0.2) is 0 Å². The molecule has 2 aromatic rings. The van der Waals surface area contributed by atoms with E-state index in [4.69, 9.17) is 0 Å². The lowest BCUT2D eigenvalue weighted by atomic mass is 9.98. The molecule has 0 spiro atoms. The van der Waals surface area contributed by atoms with Gasteiger partial charge in [-0.05, 0) is 53.3 Å². The summed E-state index contributed by atoms with van der Waals surface area (Å²) < 4.78 is 1.06. The van der Waals surface area contributed by atoms with Gasteiger partial charge in [0.05, 0.1) is 0 Å². The molecule has 0 saturated heterocycles. The second-order valence-electron chi connectivity index (χ2n) is 6.08. The summed E-state index contributed by atoms with van der Waals surface area (Å²) >= 11 is 3.47. The van der Waals surface area contributed by atoms with E-state index in [0.717, 1.165) is 33.3 Å². The van der Waals surface area contributed by atoms with Gasteiger partial charge >= 0.3 is 0 Å². The van der Waals surface area contributed by atoms with Crippen LogP contribution in [0.2, 0.25) is 0 Å². The van der Waals surface area contributed by atoms with Crippen molar-refractivity contribution in [2.45, 2.75) is 26.2 Å². The molecule has 2 unspecified atom stereocenters. The Labute approximate surface area is 134 Å². The Bertz CT molecular complexity index is 667. The van der Waals surface area contributed by atoms with E-state index >= 15 is 0 Å². The van der Waals surface area contributed by atoms with Crippen molar-refractivity contribution in [1.29, 1.82) is 0 Å². The highest BCUT2D eigenvalue weighted by Gasteiger charge is 2.23. The molecule has 2 nitrogen and oxygen atoms in total. The van der Waals surface area contributed by atoms with E-state index in [-0.39, 0.29) is 5.91 Å². The summed E-state index contributed by atoms with van der Waals surface area (Å²) in [6.45, 7) is 3.09. The van der Waals surface area contributed by atoms with Gasteiger partial charge in [-0.15, -0.1) is 0 Å². The Balaban J connectivity index is 1.71. The van der Waals surface area contributed by atoms with Crippen LogP contribution in [0.15, 0.2) is 40.9 Å². The van der Waals surface area contributed by atoms with Crippen molar-refractivity contribution < 1.29 is 4.79 Å². The molecule has 2 atom stereocenters. The number of hydrogen-bond donors (Lipinski definition) is 1. The third-order valence-electron chi connectivity index (χ3n) is 4.63. The minimum Gasteiger partial charge on any atom is -0.352 e. The largest absolute Gasteiger partial charge is 0.352 e. The zero-order valence-electron chi connectivity index (χ0n) is 12.2. The molecule has 3 rings (SSSR count). The molecule has 21 heavy (non-hydrogen) atoms. The van der Waals surface area contributed by atoms with E-state index in [2.05, 4.69) is 34.2 Å². The average molecular weight is 346 g/mol. The fourth-order valence-electron chi connectivity index (χ4n) is 3.21. The van der Waals surface area contributed by atoms with E-state index in [1.165, 1.54) is 19.3 Å². The number of amides is 1. The Kier molecular flexibility index (Phi) is 4.29. The summed E-state index contributed by atoms with van der Waals surface area (Å²) in [5, 5.41) is 5.34. The second-order valence-corrected chi connectivity index (χ2v) is 7.00. The smallest absolute Gasteiger partial charge is 0.251 e. The van der Waals surface area contributed by atoms with Gasteiger partial charge in [-0.1, -0.05) is 47.8 Å². The molecule has 110 valence electrons. The van der Waals surface area contributed by atoms with Crippen molar-refractivity contribution in [2.75, 3.05) is 6.54 Å². The van der Waals surface area contributed by atoms with Gasteiger partial charge in [-0.2, -0.15) is 0 Å². The van der Waals surface area contributed by atoms with Crippen molar-refractivity contribution in [1.82, 2.24) is 5.32 Å². The van der Waals surface area contributed by atoms with Gasteiger partial charge in [0.1, 0.15) is 0 Å². The summed E-state index contributed by atoms with van der Waals surface area (Å²) in [4.78, 5) is 12.3. The highest BCUT2D eigenvalue weighted by Crippen LogP contribution is 2.30. The summed E-state index contributed by atoms with van der Waals surface area (Å²) in [5.74, 6) is 1.42. The molecule has 0 radical (unpaired) electrons. The van der Waals surface area contributed by atoms with Gasteiger partial charge in [0.25, 0.3) is 5.91 Å². The van der Waals surface area contributed by atoms with Crippen LogP contribution in [0.5, 0.6) is 0 Å². The normalized spacial score (nSPS) is 21.6. The zero-order valence-corrected chi connectivity index (χ0v) is 13.8. The maximum atomic E-state index is 12.3. The molecule has 1 aliphatic carbocycles. The number of hydrogen-bond acceptors (Lipinski definition) is 1. The number of carbonyl (C=O) groups excluding carboxylic acids is 1. The fourth-order valence-corrected chi connectivity index (χ4v) is 3.59. The minimum atomic E-state index is 0.0407. The van der Waals surface area contributed by atoms with Crippen LogP contribution in [-0.4, -0.2) is 12.5 Å². The monoisotopic (exact) mass is 345 g/mol. The molecule has 0 aliphatic heterocycles. The van der Waals surface area contributed by atoms with Crippen LogP contribution in [-0.2, 0) is 0 Å². The Morgan fingerprint density at radius 2 is 1.95 bits per heavy atom.